The molecule has 11 heavy (non-hydrogen) atoms. The van der Waals surface area contributed by atoms with Crippen molar-refractivity contribution in [2.75, 3.05) is 12.8 Å². The van der Waals surface area contributed by atoms with Crippen molar-refractivity contribution in [1.82, 2.24) is 0 Å². The van der Waals surface area contributed by atoms with Gasteiger partial charge in [-0.2, -0.15) is 0 Å². The number of rotatable bonds is 1. The van der Waals surface area contributed by atoms with Crippen LogP contribution in [0.2, 0.25) is 5.02 Å². The molecule has 0 fully saturated rings. The molecule has 0 unspecified atom stereocenters. The molecular formula is C7H9Cl2NO. The second kappa shape index (κ2) is 4.31. The molecule has 0 aromatic heterocycles. The first kappa shape index (κ1) is 10.4. The molecule has 0 aliphatic carbocycles. The van der Waals surface area contributed by atoms with E-state index >= 15 is 0 Å². The van der Waals surface area contributed by atoms with Gasteiger partial charge in [0, 0.05) is 11.1 Å². The van der Waals surface area contributed by atoms with E-state index in [0.717, 1.165) is 0 Å². The molecule has 62 valence electrons. The third-order valence-electron chi connectivity index (χ3n) is 1.20. The Hall–Kier alpha value is -0.600. The van der Waals surface area contributed by atoms with Gasteiger partial charge >= 0.3 is 0 Å². The summed E-state index contributed by atoms with van der Waals surface area (Å²) in [6.45, 7) is 0. The minimum Gasteiger partial charge on any atom is -0.495 e. The number of ether oxygens (including phenoxy) is 1. The van der Waals surface area contributed by atoms with Crippen LogP contribution in [0.4, 0.5) is 5.69 Å². The van der Waals surface area contributed by atoms with Crippen molar-refractivity contribution < 1.29 is 4.74 Å². The Morgan fingerprint density at radius 3 is 2.55 bits per heavy atom. The summed E-state index contributed by atoms with van der Waals surface area (Å²) in [5.41, 5.74) is 6.12. The topological polar surface area (TPSA) is 35.2 Å². The first-order chi connectivity index (χ1) is 4.74. The van der Waals surface area contributed by atoms with Crippen molar-refractivity contribution in [3.05, 3.63) is 23.2 Å². The second-order valence-electron chi connectivity index (χ2n) is 1.89. The van der Waals surface area contributed by atoms with E-state index in [0.29, 0.717) is 16.5 Å². The normalized spacial score (nSPS) is 8.55. The van der Waals surface area contributed by atoms with E-state index in [4.69, 9.17) is 22.1 Å². The second-order valence-corrected chi connectivity index (χ2v) is 2.32. The quantitative estimate of drug-likeness (QED) is 0.696. The van der Waals surface area contributed by atoms with Crippen LogP contribution in [0.5, 0.6) is 5.75 Å². The molecule has 0 aliphatic heterocycles. The van der Waals surface area contributed by atoms with Crippen LogP contribution in [0.1, 0.15) is 0 Å². The Morgan fingerprint density at radius 1 is 1.45 bits per heavy atom. The lowest BCUT2D eigenvalue weighted by Gasteiger charge is -2.02. The summed E-state index contributed by atoms with van der Waals surface area (Å²) in [6, 6.07) is 5.11. The molecule has 0 amide bonds. The van der Waals surface area contributed by atoms with Gasteiger partial charge in [0.15, 0.2) is 0 Å². The number of halogens is 2. The summed E-state index contributed by atoms with van der Waals surface area (Å²) < 4.78 is 4.92. The Kier molecular flexibility index (Phi) is 4.08. The molecule has 2 N–H and O–H groups in total. The molecule has 2 nitrogen and oxygen atoms in total. The van der Waals surface area contributed by atoms with E-state index < -0.39 is 0 Å². The van der Waals surface area contributed by atoms with Gasteiger partial charge in [-0.25, -0.2) is 0 Å². The molecule has 1 aromatic carbocycles. The van der Waals surface area contributed by atoms with E-state index in [2.05, 4.69) is 0 Å². The average molecular weight is 194 g/mol. The summed E-state index contributed by atoms with van der Waals surface area (Å²) >= 11 is 5.66. The zero-order valence-corrected chi connectivity index (χ0v) is 7.58. The lowest BCUT2D eigenvalue weighted by atomic mass is 10.3. The van der Waals surface area contributed by atoms with Crippen LogP contribution in [0.15, 0.2) is 18.2 Å². The van der Waals surface area contributed by atoms with Crippen molar-refractivity contribution in [3.63, 3.8) is 0 Å². The largest absolute Gasteiger partial charge is 0.495 e. The predicted octanol–water partition coefficient (Wildman–Crippen LogP) is 2.35. The Bertz CT molecular complexity index is 240. The Balaban J connectivity index is 0.000001000. The summed E-state index contributed by atoms with van der Waals surface area (Å²) in [7, 11) is 1.56. The lowest BCUT2D eigenvalue weighted by Crippen LogP contribution is -1.90. The van der Waals surface area contributed by atoms with Crippen molar-refractivity contribution >= 4 is 29.7 Å². The molecule has 0 saturated heterocycles. The maximum absolute atomic E-state index is 5.66. The Morgan fingerprint density at radius 2 is 2.09 bits per heavy atom. The van der Waals surface area contributed by atoms with Crippen molar-refractivity contribution in [2.24, 2.45) is 0 Å². The summed E-state index contributed by atoms with van der Waals surface area (Å²) in [5, 5.41) is 0.631. The van der Waals surface area contributed by atoms with Gasteiger partial charge in [0.2, 0.25) is 0 Å². The maximum Gasteiger partial charge on any atom is 0.143 e. The molecule has 0 atom stereocenters. The Labute approximate surface area is 76.7 Å². The first-order valence-corrected chi connectivity index (χ1v) is 3.21. The fourth-order valence-electron chi connectivity index (χ4n) is 0.685. The monoisotopic (exact) mass is 193 g/mol. The standard InChI is InChI=1S/C7H8ClNO.ClH/c1-10-7-4-5(8)2-3-6(7)9;/h2-4H,9H2,1H3;1H. The third-order valence-corrected chi connectivity index (χ3v) is 1.43. The van der Waals surface area contributed by atoms with Crippen molar-refractivity contribution in [3.8, 4) is 5.75 Å². The van der Waals surface area contributed by atoms with Gasteiger partial charge in [0.25, 0.3) is 0 Å². The average Bonchev–Trinajstić information content (AvgIpc) is 1.94. The van der Waals surface area contributed by atoms with Gasteiger partial charge in [-0.05, 0) is 12.1 Å². The minimum absolute atomic E-state index is 0. The minimum atomic E-state index is 0. The highest BCUT2D eigenvalue weighted by Crippen LogP contribution is 2.24. The molecular weight excluding hydrogens is 185 g/mol. The van der Waals surface area contributed by atoms with Crippen LogP contribution < -0.4 is 10.5 Å². The number of methoxy groups -OCH3 is 1. The molecule has 0 aliphatic rings. The van der Waals surface area contributed by atoms with Gasteiger partial charge in [-0.15, -0.1) is 12.4 Å². The third kappa shape index (κ3) is 2.48. The highest BCUT2D eigenvalue weighted by molar-refractivity contribution is 6.30. The molecule has 4 heteroatoms. The molecule has 0 saturated carbocycles. The summed E-state index contributed by atoms with van der Waals surface area (Å²) in [6.07, 6.45) is 0. The SMILES string of the molecule is COc1cc(Cl)ccc1N.Cl. The predicted molar refractivity (Wildman–Crippen MR) is 49.7 cm³/mol. The number of benzene rings is 1. The lowest BCUT2D eigenvalue weighted by molar-refractivity contribution is 0.417. The van der Waals surface area contributed by atoms with Gasteiger partial charge in [0.05, 0.1) is 12.8 Å². The van der Waals surface area contributed by atoms with E-state index in [-0.39, 0.29) is 12.4 Å². The van der Waals surface area contributed by atoms with Gasteiger partial charge in [-0.1, -0.05) is 11.6 Å². The molecule has 0 bridgehead atoms. The number of nitrogens with two attached hydrogens (primary N) is 1. The van der Waals surface area contributed by atoms with Gasteiger partial charge in [-0.3, -0.25) is 0 Å². The maximum atomic E-state index is 5.66. The van der Waals surface area contributed by atoms with E-state index in [1.54, 1.807) is 25.3 Å². The summed E-state index contributed by atoms with van der Waals surface area (Å²) in [5.74, 6) is 0.618. The zero-order chi connectivity index (χ0) is 7.56. The van der Waals surface area contributed by atoms with Crippen molar-refractivity contribution in [1.29, 1.82) is 0 Å². The highest BCUT2D eigenvalue weighted by atomic mass is 35.5. The van der Waals surface area contributed by atoms with Crippen LogP contribution in [0.25, 0.3) is 0 Å². The fraction of sp³-hybridized carbons (Fsp3) is 0.143. The summed E-state index contributed by atoms with van der Waals surface area (Å²) in [4.78, 5) is 0. The number of anilines is 1. The number of hydrogen-bond acceptors (Lipinski definition) is 2. The van der Waals surface area contributed by atoms with E-state index in [1.807, 2.05) is 0 Å². The van der Waals surface area contributed by atoms with Crippen LogP contribution in [-0.4, -0.2) is 7.11 Å². The highest BCUT2D eigenvalue weighted by Gasteiger charge is 1.97. The fourth-order valence-corrected chi connectivity index (χ4v) is 0.847. The van der Waals surface area contributed by atoms with Crippen LogP contribution in [0, 0.1) is 0 Å². The number of hydrogen-bond donors (Lipinski definition) is 1. The number of nitrogen functional groups attached to an aromatic ring is 1. The van der Waals surface area contributed by atoms with Crippen LogP contribution >= 0.6 is 24.0 Å². The van der Waals surface area contributed by atoms with Gasteiger partial charge in [0.1, 0.15) is 5.75 Å². The molecule has 0 spiro atoms. The first-order valence-electron chi connectivity index (χ1n) is 2.83. The van der Waals surface area contributed by atoms with E-state index in [1.165, 1.54) is 0 Å². The van der Waals surface area contributed by atoms with Gasteiger partial charge < -0.3 is 10.5 Å². The smallest absolute Gasteiger partial charge is 0.143 e. The van der Waals surface area contributed by atoms with Crippen LogP contribution in [0.3, 0.4) is 0 Å². The van der Waals surface area contributed by atoms with E-state index in [9.17, 15) is 0 Å². The molecule has 0 heterocycles. The van der Waals surface area contributed by atoms with Crippen LogP contribution in [-0.2, 0) is 0 Å². The van der Waals surface area contributed by atoms with Crippen molar-refractivity contribution in [2.45, 2.75) is 0 Å². The molecule has 0 radical (unpaired) electrons. The molecule has 1 rings (SSSR count). The molecule has 1 aromatic rings. The zero-order valence-electron chi connectivity index (χ0n) is 6.00.